The van der Waals surface area contributed by atoms with E-state index in [-0.39, 0.29) is 28.6 Å². The molecule has 3 N–H and O–H groups in total. The van der Waals surface area contributed by atoms with Gasteiger partial charge in [-0.1, -0.05) is 50.3 Å². The first kappa shape index (κ1) is 29.3. The summed E-state index contributed by atoms with van der Waals surface area (Å²) in [6, 6.07) is 12.1. The Morgan fingerprint density at radius 3 is 2.10 bits per heavy atom. The Hall–Kier alpha value is -3.73. The minimum atomic E-state index is -4.02. The van der Waals surface area contributed by atoms with Crippen LogP contribution in [0, 0.1) is 11.8 Å². The zero-order valence-corrected chi connectivity index (χ0v) is 23.8. The molecule has 1 amide bonds. The van der Waals surface area contributed by atoms with Crippen LogP contribution in [0.5, 0.6) is 0 Å². The van der Waals surface area contributed by atoms with Crippen LogP contribution in [-0.4, -0.2) is 55.8 Å². The van der Waals surface area contributed by atoms with Crippen molar-refractivity contribution in [3.8, 4) is 11.1 Å². The number of carbonyl (C=O) groups is 2. The van der Waals surface area contributed by atoms with Gasteiger partial charge in [0.15, 0.2) is 5.76 Å². The number of anilines is 1. The first-order valence-corrected chi connectivity index (χ1v) is 14.5. The molecule has 0 spiro atoms. The van der Waals surface area contributed by atoms with E-state index in [0.717, 1.165) is 22.3 Å². The van der Waals surface area contributed by atoms with Crippen LogP contribution in [-0.2, 0) is 24.3 Å². The van der Waals surface area contributed by atoms with E-state index < -0.39 is 34.1 Å². The lowest BCUT2D eigenvalue weighted by Crippen LogP contribution is -2.44. The van der Waals surface area contributed by atoms with E-state index >= 15 is 0 Å². The van der Waals surface area contributed by atoms with Crippen molar-refractivity contribution in [1.29, 1.82) is 0 Å². The fraction of sp³-hybridized carbons (Fsp3) is 0.333. The van der Waals surface area contributed by atoms with Gasteiger partial charge in [0.05, 0.1) is 11.0 Å². The van der Waals surface area contributed by atoms with Crippen LogP contribution in [0.25, 0.3) is 11.1 Å². The van der Waals surface area contributed by atoms with Crippen LogP contribution < -0.4 is 9.62 Å². The van der Waals surface area contributed by atoms with Crippen molar-refractivity contribution in [1.82, 2.24) is 4.72 Å². The van der Waals surface area contributed by atoms with Crippen molar-refractivity contribution in [2.24, 2.45) is 11.8 Å². The molecule has 40 heavy (non-hydrogen) atoms. The SMILES string of the molecule is CC1=C(C(=O)N(C)c2ccc(-c3ccc(S(=O)(=O)N[C@H](C(=O)O)C(C)C)cc3)cc2)OC2C=CC=C(C(C)O)C12. The lowest BCUT2D eigenvalue weighted by molar-refractivity contribution is -0.140. The van der Waals surface area contributed by atoms with Gasteiger partial charge in [0.25, 0.3) is 5.91 Å². The van der Waals surface area contributed by atoms with Gasteiger partial charge in [-0.3, -0.25) is 9.59 Å². The van der Waals surface area contributed by atoms with Crippen molar-refractivity contribution < 1.29 is 33.0 Å². The number of aliphatic hydroxyl groups is 1. The Morgan fingerprint density at radius 1 is 1.00 bits per heavy atom. The molecule has 0 fully saturated rings. The van der Waals surface area contributed by atoms with Crippen LogP contribution in [0.15, 0.2) is 88.6 Å². The number of aliphatic carboxylic acids is 1. The molecule has 3 unspecified atom stereocenters. The van der Waals surface area contributed by atoms with Gasteiger partial charge in [0, 0.05) is 18.7 Å². The number of carbonyl (C=O) groups excluding carboxylic acids is 1. The van der Waals surface area contributed by atoms with E-state index in [1.165, 1.54) is 17.0 Å². The zero-order valence-electron chi connectivity index (χ0n) is 23.0. The van der Waals surface area contributed by atoms with Crippen molar-refractivity contribution in [2.45, 2.75) is 50.8 Å². The molecule has 2 aromatic rings. The Morgan fingerprint density at radius 2 is 1.57 bits per heavy atom. The summed E-state index contributed by atoms with van der Waals surface area (Å²) in [6.07, 6.45) is 4.61. The quantitative estimate of drug-likeness (QED) is 0.420. The highest BCUT2D eigenvalue weighted by Crippen LogP contribution is 2.41. The van der Waals surface area contributed by atoms with Crippen molar-refractivity contribution in [3.05, 3.63) is 83.7 Å². The standard InChI is InChI=1S/C30H34N2O7S/c1-17(2)27(30(35)36)31-40(37,38)23-15-11-21(12-16-23)20-9-13-22(14-10-20)32(5)29(34)28-18(3)26-24(19(4)33)7-6-8-25(26)39-28/h6-17,19,25-27,31,33H,1-5H3,(H,35,36)/t19?,25?,26?,27-/m0/s1. The largest absolute Gasteiger partial charge is 0.480 e. The van der Waals surface area contributed by atoms with Crippen molar-refractivity contribution >= 4 is 27.6 Å². The summed E-state index contributed by atoms with van der Waals surface area (Å²) in [6.45, 7) is 6.82. The topological polar surface area (TPSA) is 133 Å². The van der Waals surface area contributed by atoms with E-state index in [2.05, 4.69) is 4.72 Å². The fourth-order valence-corrected chi connectivity index (χ4v) is 6.29. The van der Waals surface area contributed by atoms with E-state index in [4.69, 9.17) is 4.74 Å². The number of allylic oxidation sites excluding steroid dienone is 2. The molecule has 9 nitrogen and oxygen atoms in total. The minimum absolute atomic E-state index is 0.0330. The predicted molar refractivity (Wildman–Crippen MR) is 152 cm³/mol. The summed E-state index contributed by atoms with van der Waals surface area (Å²) in [5, 5.41) is 19.5. The second-order valence-electron chi connectivity index (χ2n) is 10.4. The molecule has 0 aromatic heterocycles. The third kappa shape index (κ3) is 5.74. The van der Waals surface area contributed by atoms with Crippen LogP contribution in [0.2, 0.25) is 0 Å². The van der Waals surface area contributed by atoms with Crippen molar-refractivity contribution in [3.63, 3.8) is 0 Å². The maximum absolute atomic E-state index is 13.4. The van der Waals surface area contributed by atoms with Crippen molar-refractivity contribution in [2.75, 3.05) is 11.9 Å². The minimum Gasteiger partial charge on any atom is -0.480 e. The maximum atomic E-state index is 13.4. The third-order valence-corrected chi connectivity index (χ3v) is 8.76. The summed E-state index contributed by atoms with van der Waals surface area (Å²) in [4.78, 5) is 26.3. The number of benzene rings is 2. The zero-order chi connectivity index (χ0) is 29.4. The number of hydrogen-bond acceptors (Lipinski definition) is 6. The Labute approximate surface area is 234 Å². The number of carboxylic acids is 1. The van der Waals surface area contributed by atoms with Gasteiger partial charge in [0.1, 0.15) is 12.1 Å². The lowest BCUT2D eigenvalue weighted by Gasteiger charge is -2.25. The number of carboxylic acid groups (broad SMARTS) is 1. The molecule has 1 heterocycles. The van der Waals surface area contributed by atoms with Crippen LogP contribution in [0.3, 0.4) is 0 Å². The smallest absolute Gasteiger partial charge is 0.322 e. The van der Waals surface area contributed by atoms with Crippen LogP contribution >= 0.6 is 0 Å². The molecular weight excluding hydrogens is 532 g/mol. The summed E-state index contributed by atoms with van der Waals surface area (Å²) in [7, 11) is -2.35. The van der Waals surface area contributed by atoms with Gasteiger partial charge in [-0.05, 0) is 72.4 Å². The Balaban J connectivity index is 1.49. The summed E-state index contributed by atoms with van der Waals surface area (Å²) < 4.78 is 33.7. The van der Waals surface area contributed by atoms with Gasteiger partial charge in [-0.2, -0.15) is 4.72 Å². The number of aliphatic hydroxyl groups excluding tert-OH is 1. The molecule has 212 valence electrons. The second kappa shape index (κ2) is 11.4. The lowest BCUT2D eigenvalue weighted by atomic mass is 9.82. The van der Waals surface area contributed by atoms with Crippen LogP contribution in [0.4, 0.5) is 5.69 Å². The molecule has 1 aliphatic heterocycles. The second-order valence-corrected chi connectivity index (χ2v) is 12.1. The number of nitrogens with one attached hydrogen (secondary N) is 1. The van der Waals surface area contributed by atoms with E-state index in [9.17, 15) is 28.2 Å². The number of likely N-dealkylation sites (N-methyl/N-ethyl adjacent to an activating group) is 1. The average molecular weight is 567 g/mol. The highest BCUT2D eigenvalue weighted by molar-refractivity contribution is 7.89. The van der Waals surface area contributed by atoms with E-state index in [1.54, 1.807) is 52.1 Å². The summed E-state index contributed by atoms with van der Waals surface area (Å²) in [5.74, 6) is -1.85. The normalized spacial score (nSPS) is 20.0. The molecule has 2 aliphatic rings. The first-order chi connectivity index (χ1) is 18.8. The molecule has 4 atom stereocenters. The number of sulfonamides is 1. The third-order valence-electron chi connectivity index (χ3n) is 7.30. The number of hydrogen-bond donors (Lipinski definition) is 3. The highest BCUT2D eigenvalue weighted by atomic mass is 32.2. The first-order valence-electron chi connectivity index (χ1n) is 13.0. The summed E-state index contributed by atoms with van der Waals surface area (Å²) in [5.41, 5.74) is 3.80. The van der Waals surface area contributed by atoms with Gasteiger partial charge in [0.2, 0.25) is 10.0 Å². The van der Waals surface area contributed by atoms with Crippen LogP contribution in [0.1, 0.15) is 27.7 Å². The van der Waals surface area contributed by atoms with Gasteiger partial charge in [-0.25, -0.2) is 8.42 Å². The Bertz CT molecular complexity index is 1490. The molecule has 2 aromatic carbocycles. The molecule has 0 radical (unpaired) electrons. The molecule has 0 saturated carbocycles. The molecule has 1 aliphatic carbocycles. The van der Waals surface area contributed by atoms with Gasteiger partial charge < -0.3 is 19.8 Å². The number of nitrogens with zero attached hydrogens (tertiary/aromatic N) is 1. The maximum Gasteiger partial charge on any atom is 0.322 e. The average Bonchev–Trinajstić information content (AvgIpc) is 3.27. The number of fused-ring (bicyclic) bond motifs is 1. The number of ether oxygens (including phenoxy) is 1. The fourth-order valence-electron chi connectivity index (χ4n) is 4.95. The van der Waals surface area contributed by atoms with Gasteiger partial charge >= 0.3 is 5.97 Å². The monoisotopic (exact) mass is 566 g/mol. The molecule has 4 rings (SSSR count). The van der Waals surface area contributed by atoms with E-state index in [1.807, 2.05) is 37.3 Å². The number of rotatable bonds is 9. The predicted octanol–water partition coefficient (Wildman–Crippen LogP) is 3.87. The molecular formula is C30H34N2O7S. The Kier molecular flexibility index (Phi) is 8.34. The molecule has 0 bridgehead atoms. The number of amides is 1. The highest BCUT2D eigenvalue weighted by Gasteiger charge is 2.41. The summed E-state index contributed by atoms with van der Waals surface area (Å²) >= 11 is 0. The molecule has 0 saturated heterocycles. The van der Waals surface area contributed by atoms with E-state index in [0.29, 0.717) is 5.69 Å². The molecule has 10 heteroatoms. The van der Waals surface area contributed by atoms with Gasteiger partial charge in [-0.15, -0.1) is 0 Å².